The van der Waals surface area contributed by atoms with Gasteiger partial charge in [0.15, 0.2) is 10.4 Å². The summed E-state index contributed by atoms with van der Waals surface area (Å²) in [6.07, 6.45) is -0.620. The van der Waals surface area contributed by atoms with Gasteiger partial charge in [-0.2, -0.15) is 0 Å². The molecule has 5 nitrogen and oxygen atoms in total. The highest BCUT2D eigenvalue weighted by Gasteiger charge is 2.17. The summed E-state index contributed by atoms with van der Waals surface area (Å²) in [6, 6.07) is 7.36. The highest BCUT2D eigenvalue weighted by molar-refractivity contribution is 9.10. The van der Waals surface area contributed by atoms with Crippen LogP contribution in [0.2, 0.25) is 0 Å². The van der Waals surface area contributed by atoms with Gasteiger partial charge in [-0.1, -0.05) is 52.0 Å². The van der Waals surface area contributed by atoms with Crippen molar-refractivity contribution < 1.29 is 9.53 Å². The Morgan fingerprint density at radius 3 is 3.05 bits per heavy atom. The summed E-state index contributed by atoms with van der Waals surface area (Å²) < 4.78 is 7.33. The SMILES string of the molecule is CCSc1nnc(NC(=O)C(C)Oc2cccc(Br)c2)s1. The van der Waals surface area contributed by atoms with Crippen molar-refractivity contribution in [1.82, 2.24) is 10.2 Å². The third-order valence-electron chi connectivity index (χ3n) is 2.38. The third kappa shape index (κ3) is 4.98. The molecule has 1 amide bonds. The molecule has 0 aliphatic rings. The van der Waals surface area contributed by atoms with Gasteiger partial charge in [0.2, 0.25) is 5.13 Å². The lowest BCUT2D eigenvalue weighted by atomic mass is 10.3. The van der Waals surface area contributed by atoms with E-state index in [0.717, 1.165) is 14.6 Å². The van der Waals surface area contributed by atoms with Crippen LogP contribution in [-0.4, -0.2) is 28.0 Å². The minimum atomic E-state index is -0.620. The molecule has 0 aliphatic carbocycles. The summed E-state index contributed by atoms with van der Waals surface area (Å²) in [7, 11) is 0. The average Bonchev–Trinajstić information content (AvgIpc) is 2.86. The van der Waals surface area contributed by atoms with Gasteiger partial charge in [-0.05, 0) is 30.9 Å². The van der Waals surface area contributed by atoms with Gasteiger partial charge in [-0.25, -0.2) is 0 Å². The Labute approximate surface area is 139 Å². The lowest BCUT2D eigenvalue weighted by Gasteiger charge is -2.13. The Kier molecular flexibility index (Phi) is 6.01. The molecule has 1 aromatic heterocycles. The molecule has 1 heterocycles. The van der Waals surface area contributed by atoms with Crippen LogP contribution in [0.5, 0.6) is 5.75 Å². The number of nitrogens with one attached hydrogen (secondary N) is 1. The summed E-state index contributed by atoms with van der Waals surface area (Å²) in [5, 5.41) is 11.1. The first-order valence-electron chi connectivity index (χ1n) is 6.28. The van der Waals surface area contributed by atoms with E-state index in [1.165, 1.54) is 11.3 Å². The second-order valence-corrected chi connectivity index (χ2v) is 7.42. The van der Waals surface area contributed by atoms with Crippen molar-refractivity contribution in [3.05, 3.63) is 28.7 Å². The zero-order chi connectivity index (χ0) is 15.2. The van der Waals surface area contributed by atoms with E-state index in [0.29, 0.717) is 10.9 Å². The molecule has 0 saturated heterocycles. The molecule has 0 fully saturated rings. The molecule has 21 heavy (non-hydrogen) atoms. The molecular weight excluding hydrogens is 374 g/mol. The first-order chi connectivity index (χ1) is 10.1. The van der Waals surface area contributed by atoms with Crippen LogP contribution in [0.15, 0.2) is 33.1 Å². The van der Waals surface area contributed by atoms with E-state index in [2.05, 4.69) is 31.4 Å². The summed E-state index contributed by atoms with van der Waals surface area (Å²) in [5.41, 5.74) is 0. The zero-order valence-corrected chi connectivity index (χ0v) is 14.7. The van der Waals surface area contributed by atoms with E-state index in [1.54, 1.807) is 24.8 Å². The molecule has 1 atom stereocenters. The maximum atomic E-state index is 12.1. The van der Waals surface area contributed by atoms with Crippen molar-refractivity contribution in [2.45, 2.75) is 24.3 Å². The minimum absolute atomic E-state index is 0.251. The molecule has 8 heteroatoms. The number of rotatable bonds is 6. The van der Waals surface area contributed by atoms with Gasteiger partial charge in [0.1, 0.15) is 5.75 Å². The van der Waals surface area contributed by atoms with Crippen molar-refractivity contribution in [3.63, 3.8) is 0 Å². The average molecular weight is 388 g/mol. The third-order valence-corrected chi connectivity index (χ3v) is 4.73. The smallest absolute Gasteiger partial charge is 0.266 e. The van der Waals surface area contributed by atoms with Gasteiger partial charge < -0.3 is 4.74 Å². The van der Waals surface area contributed by atoms with Crippen LogP contribution < -0.4 is 10.1 Å². The number of nitrogens with zero attached hydrogens (tertiary/aromatic N) is 2. The van der Waals surface area contributed by atoms with Crippen LogP contribution in [0, 0.1) is 0 Å². The fourth-order valence-corrected chi connectivity index (χ4v) is 3.48. The number of halogens is 1. The molecule has 0 bridgehead atoms. The molecule has 2 aromatic rings. The Hall–Kier alpha value is -1.12. The molecular formula is C13H14BrN3O2S2. The molecule has 0 saturated carbocycles. The molecule has 2 rings (SSSR count). The van der Waals surface area contributed by atoms with Gasteiger partial charge >= 0.3 is 0 Å². The van der Waals surface area contributed by atoms with Crippen LogP contribution >= 0.6 is 39.0 Å². The number of hydrogen-bond acceptors (Lipinski definition) is 6. The van der Waals surface area contributed by atoms with Crippen molar-refractivity contribution >= 4 is 50.1 Å². The molecule has 0 aliphatic heterocycles. The fraction of sp³-hybridized carbons (Fsp3) is 0.308. The number of aromatic nitrogens is 2. The predicted octanol–water partition coefficient (Wildman–Crippen LogP) is 3.82. The second kappa shape index (κ2) is 7.77. The van der Waals surface area contributed by atoms with Crippen LogP contribution in [0.1, 0.15) is 13.8 Å². The standard InChI is InChI=1S/C13H14BrN3O2S2/c1-3-20-13-17-16-12(21-13)15-11(18)8(2)19-10-6-4-5-9(14)7-10/h4-8H,3H2,1-2H3,(H,15,16,18). The van der Waals surface area contributed by atoms with Crippen LogP contribution in [0.3, 0.4) is 0 Å². The predicted molar refractivity (Wildman–Crippen MR) is 89.2 cm³/mol. The topological polar surface area (TPSA) is 64.1 Å². The summed E-state index contributed by atoms with van der Waals surface area (Å²) in [5.74, 6) is 1.30. The zero-order valence-electron chi connectivity index (χ0n) is 11.5. The number of hydrogen-bond donors (Lipinski definition) is 1. The number of ether oxygens (including phenoxy) is 1. The summed E-state index contributed by atoms with van der Waals surface area (Å²) >= 11 is 6.31. The maximum Gasteiger partial charge on any atom is 0.266 e. The van der Waals surface area contributed by atoms with Crippen molar-refractivity contribution in [2.75, 3.05) is 11.1 Å². The number of amides is 1. The molecule has 0 spiro atoms. The molecule has 1 aromatic carbocycles. The molecule has 0 radical (unpaired) electrons. The van der Waals surface area contributed by atoms with Gasteiger partial charge in [-0.15, -0.1) is 10.2 Å². The lowest BCUT2D eigenvalue weighted by Crippen LogP contribution is -2.30. The minimum Gasteiger partial charge on any atom is -0.481 e. The van der Waals surface area contributed by atoms with Crippen LogP contribution in [0.4, 0.5) is 5.13 Å². The van der Waals surface area contributed by atoms with Gasteiger partial charge in [0.05, 0.1) is 0 Å². The number of anilines is 1. The summed E-state index contributed by atoms with van der Waals surface area (Å²) in [6.45, 7) is 3.73. The Morgan fingerprint density at radius 2 is 2.33 bits per heavy atom. The number of benzene rings is 1. The monoisotopic (exact) mass is 387 g/mol. The van der Waals surface area contributed by atoms with E-state index < -0.39 is 6.10 Å². The number of carbonyl (C=O) groups is 1. The van der Waals surface area contributed by atoms with Gasteiger partial charge in [0, 0.05) is 4.47 Å². The van der Waals surface area contributed by atoms with Crippen molar-refractivity contribution in [2.24, 2.45) is 0 Å². The Morgan fingerprint density at radius 1 is 1.52 bits per heavy atom. The van der Waals surface area contributed by atoms with Crippen molar-refractivity contribution in [1.29, 1.82) is 0 Å². The van der Waals surface area contributed by atoms with Gasteiger partial charge in [0.25, 0.3) is 5.91 Å². The van der Waals surface area contributed by atoms with Crippen LogP contribution in [-0.2, 0) is 4.79 Å². The first kappa shape index (κ1) is 16.3. The van der Waals surface area contributed by atoms with Gasteiger partial charge in [-0.3, -0.25) is 10.1 Å². The first-order valence-corrected chi connectivity index (χ1v) is 8.87. The molecule has 112 valence electrons. The normalized spacial score (nSPS) is 12.0. The maximum absolute atomic E-state index is 12.1. The second-order valence-electron chi connectivity index (χ2n) is 4.01. The quantitative estimate of drug-likeness (QED) is 0.602. The highest BCUT2D eigenvalue weighted by atomic mass is 79.9. The van der Waals surface area contributed by atoms with Crippen molar-refractivity contribution in [3.8, 4) is 5.75 Å². The number of carbonyl (C=O) groups excluding carboxylic acids is 1. The Bertz CT molecular complexity index is 621. The van der Waals surface area contributed by atoms with E-state index in [-0.39, 0.29) is 5.91 Å². The molecule has 1 unspecified atom stereocenters. The van der Waals surface area contributed by atoms with E-state index in [1.807, 2.05) is 25.1 Å². The molecule has 1 N–H and O–H groups in total. The highest BCUT2D eigenvalue weighted by Crippen LogP contribution is 2.25. The lowest BCUT2D eigenvalue weighted by molar-refractivity contribution is -0.122. The number of thioether (sulfide) groups is 1. The Balaban J connectivity index is 1.92. The van der Waals surface area contributed by atoms with Crippen LogP contribution in [0.25, 0.3) is 0 Å². The van der Waals surface area contributed by atoms with E-state index in [4.69, 9.17) is 4.74 Å². The van der Waals surface area contributed by atoms with E-state index in [9.17, 15) is 4.79 Å². The van der Waals surface area contributed by atoms with E-state index >= 15 is 0 Å². The largest absolute Gasteiger partial charge is 0.481 e. The fourth-order valence-electron chi connectivity index (χ4n) is 1.45. The summed E-state index contributed by atoms with van der Waals surface area (Å²) in [4.78, 5) is 12.1.